The number of aryl methyl sites for hydroxylation is 1. The SMILES string of the molecule is Cc1ccc(N[C@@H](C)C(=O)Nc2ccc(F)c(F)c2F)cc1Cl. The van der Waals surface area contributed by atoms with Gasteiger partial charge in [0.25, 0.3) is 0 Å². The summed E-state index contributed by atoms with van der Waals surface area (Å²) in [6.45, 7) is 3.38. The quantitative estimate of drug-likeness (QED) is 0.803. The summed E-state index contributed by atoms with van der Waals surface area (Å²) >= 11 is 5.99. The highest BCUT2D eigenvalue weighted by Gasteiger charge is 2.18. The Bertz CT molecular complexity index is 752. The average molecular weight is 343 g/mol. The Labute approximate surface area is 136 Å². The molecule has 23 heavy (non-hydrogen) atoms. The van der Waals surface area contributed by atoms with E-state index in [9.17, 15) is 18.0 Å². The first-order valence-corrected chi connectivity index (χ1v) is 7.14. The van der Waals surface area contributed by atoms with Crippen LogP contribution in [0, 0.1) is 24.4 Å². The molecule has 0 fully saturated rings. The highest BCUT2D eigenvalue weighted by Crippen LogP contribution is 2.22. The summed E-state index contributed by atoms with van der Waals surface area (Å²) < 4.78 is 39.5. The molecular weight excluding hydrogens is 329 g/mol. The molecule has 0 aliphatic heterocycles. The Kier molecular flexibility index (Phi) is 5.15. The van der Waals surface area contributed by atoms with E-state index in [0.717, 1.165) is 17.7 Å². The Morgan fingerprint density at radius 2 is 1.83 bits per heavy atom. The van der Waals surface area contributed by atoms with Crippen LogP contribution in [-0.2, 0) is 4.79 Å². The van der Waals surface area contributed by atoms with Crippen molar-refractivity contribution in [1.82, 2.24) is 0 Å². The van der Waals surface area contributed by atoms with Gasteiger partial charge in [-0.15, -0.1) is 0 Å². The minimum atomic E-state index is -1.63. The molecule has 2 aromatic carbocycles. The van der Waals surface area contributed by atoms with Crippen LogP contribution < -0.4 is 10.6 Å². The van der Waals surface area contributed by atoms with Gasteiger partial charge >= 0.3 is 0 Å². The van der Waals surface area contributed by atoms with Gasteiger partial charge in [-0.05, 0) is 43.7 Å². The molecule has 0 aliphatic rings. The minimum Gasteiger partial charge on any atom is -0.374 e. The molecule has 1 amide bonds. The molecule has 0 bridgehead atoms. The van der Waals surface area contributed by atoms with E-state index in [1.165, 1.54) is 0 Å². The summed E-state index contributed by atoms with van der Waals surface area (Å²) in [5.74, 6) is -5.00. The largest absolute Gasteiger partial charge is 0.374 e. The topological polar surface area (TPSA) is 41.1 Å². The van der Waals surface area contributed by atoms with Crippen LogP contribution in [0.25, 0.3) is 0 Å². The van der Waals surface area contributed by atoms with E-state index in [4.69, 9.17) is 11.6 Å². The smallest absolute Gasteiger partial charge is 0.246 e. The third kappa shape index (κ3) is 3.96. The van der Waals surface area contributed by atoms with Gasteiger partial charge in [-0.25, -0.2) is 13.2 Å². The molecule has 0 aromatic heterocycles. The summed E-state index contributed by atoms with van der Waals surface area (Å²) in [7, 11) is 0. The molecule has 0 heterocycles. The second kappa shape index (κ2) is 6.91. The number of hydrogen-bond donors (Lipinski definition) is 2. The molecular formula is C16H14ClF3N2O. The van der Waals surface area contributed by atoms with Crippen molar-refractivity contribution in [2.75, 3.05) is 10.6 Å². The number of anilines is 2. The molecule has 2 aromatic rings. The van der Waals surface area contributed by atoms with Gasteiger partial charge in [-0.2, -0.15) is 0 Å². The van der Waals surface area contributed by atoms with Gasteiger partial charge in [0.2, 0.25) is 5.91 Å². The number of hydrogen-bond acceptors (Lipinski definition) is 2. The zero-order chi connectivity index (χ0) is 17.1. The fraction of sp³-hybridized carbons (Fsp3) is 0.188. The van der Waals surface area contributed by atoms with E-state index in [1.54, 1.807) is 25.1 Å². The lowest BCUT2D eigenvalue weighted by molar-refractivity contribution is -0.116. The maximum atomic E-state index is 13.5. The van der Waals surface area contributed by atoms with Gasteiger partial charge < -0.3 is 10.6 Å². The molecule has 122 valence electrons. The number of benzene rings is 2. The molecule has 0 saturated heterocycles. The predicted molar refractivity (Wildman–Crippen MR) is 84.2 cm³/mol. The van der Waals surface area contributed by atoms with Gasteiger partial charge in [-0.1, -0.05) is 17.7 Å². The summed E-state index contributed by atoms with van der Waals surface area (Å²) in [6.07, 6.45) is 0. The van der Waals surface area contributed by atoms with Crippen molar-refractivity contribution < 1.29 is 18.0 Å². The molecule has 0 spiro atoms. The second-order valence-corrected chi connectivity index (χ2v) is 5.45. The van der Waals surface area contributed by atoms with Gasteiger partial charge in [0, 0.05) is 10.7 Å². The molecule has 3 nitrogen and oxygen atoms in total. The maximum Gasteiger partial charge on any atom is 0.246 e. The van der Waals surface area contributed by atoms with E-state index in [1.807, 2.05) is 6.92 Å². The van der Waals surface area contributed by atoms with Crippen molar-refractivity contribution in [3.8, 4) is 0 Å². The second-order valence-electron chi connectivity index (χ2n) is 5.04. The zero-order valence-corrected chi connectivity index (χ0v) is 13.1. The van der Waals surface area contributed by atoms with E-state index in [-0.39, 0.29) is 0 Å². The molecule has 0 radical (unpaired) electrons. The van der Waals surface area contributed by atoms with Crippen molar-refractivity contribution in [3.63, 3.8) is 0 Å². The van der Waals surface area contributed by atoms with Crippen molar-refractivity contribution in [2.24, 2.45) is 0 Å². The van der Waals surface area contributed by atoms with Crippen LogP contribution in [0.5, 0.6) is 0 Å². The third-order valence-corrected chi connectivity index (χ3v) is 3.65. The molecule has 0 aliphatic carbocycles. The summed E-state index contributed by atoms with van der Waals surface area (Å²) in [5, 5.41) is 5.63. The number of rotatable bonds is 4. The Hall–Kier alpha value is -2.21. The van der Waals surface area contributed by atoms with Crippen LogP contribution in [0.15, 0.2) is 30.3 Å². The number of carbonyl (C=O) groups excluding carboxylic acids is 1. The number of amides is 1. The Morgan fingerprint density at radius 3 is 2.48 bits per heavy atom. The first kappa shape index (κ1) is 17.1. The van der Waals surface area contributed by atoms with E-state index >= 15 is 0 Å². The summed E-state index contributed by atoms with van der Waals surface area (Å²) in [6, 6.07) is 6.13. The van der Waals surface area contributed by atoms with Crippen LogP contribution in [-0.4, -0.2) is 11.9 Å². The predicted octanol–water partition coefficient (Wildman–Crippen LogP) is 4.50. The van der Waals surface area contributed by atoms with Crippen molar-refractivity contribution in [3.05, 3.63) is 58.4 Å². The number of halogens is 4. The minimum absolute atomic E-state index is 0.426. The molecule has 0 saturated carbocycles. The summed E-state index contributed by atoms with van der Waals surface area (Å²) in [5.41, 5.74) is 1.07. The van der Waals surface area contributed by atoms with Gasteiger partial charge in [-0.3, -0.25) is 4.79 Å². The molecule has 1 atom stereocenters. The van der Waals surface area contributed by atoms with E-state index in [0.29, 0.717) is 10.7 Å². The first-order valence-electron chi connectivity index (χ1n) is 6.76. The standard InChI is InChI=1S/C16H14ClF3N2O/c1-8-3-4-10(7-11(8)17)21-9(2)16(23)22-13-6-5-12(18)14(19)15(13)20/h3-7,9,21H,1-2H3,(H,22,23)/t9-/m0/s1. The van der Waals surface area contributed by atoms with Crippen LogP contribution in [0.2, 0.25) is 5.02 Å². The van der Waals surface area contributed by atoms with E-state index in [2.05, 4.69) is 10.6 Å². The van der Waals surface area contributed by atoms with Crippen molar-refractivity contribution in [1.29, 1.82) is 0 Å². The third-order valence-electron chi connectivity index (χ3n) is 3.24. The van der Waals surface area contributed by atoms with Crippen molar-refractivity contribution >= 4 is 28.9 Å². The maximum absolute atomic E-state index is 13.5. The molecule has 2 rings (SSSR count). The normalized spacial score (nSPS) is 11.9. The Morgan fingerprint density at radius 1 is 1.13 bits per heavy atom. The monoisotopic (exact) mass is 342 g/mol. The van der Waals surface area contributed by atoms with Crippen LogP contribution in [0.3, 0.4) is 0 Å². The van der Waals surface area contributed by atoms with Gasteiger partial charge in [0.1, 0.15) is 6.04 Å². The molecule has 2 N–H and O–H groups in total. The summed E-state index contributed by atoms with van der Waals surface area (Å²) in [4.78, 5) is 12.0. The lowest BCUT2D eigenvalue weighted by atomic mass is 10.2. The first-order chi connectivity index (χ1) is 10.8. The Balaban J connectivity index is 2.08. The highest BCUT2D eigenvalue weighted by molar-refractivity contribution is 6.31. The fourth-order valence-electron chi connectivity index (χ4n) is 1.86. The zero-order valence-electron chi connectivity index (χ0n) is 12.4. The van der Waals surface area contributed by atoms with Crippen LogP contribution >= 0.6 is 11.6 Å². The lowest BCUT2D eigenvalue weighted by Gasteiger charge is -2.16. The van der Waals surface area contributed by atoms with Crippen LogP contribution in [0.4, 0.5) is 24.5 Å². The lowest BCUT2D eigenvalue weighted by Crippen LogP contribution is -2.32. The van der Waals surface area contributed by atoms with Gasteiger partial charge in [0.05, 0.1) is 5.69 Å². The molecule has 7 heteroatoms. The van der Waals surface area contributed by atoms with Gasteiger partial charge in [0.15, 0.2) is 17.5 Å². The van der Waals surface area contributed by atoms with Crippen molar-refractivity contribution in [2.45, 2.75) is 19.9 Å². The average Bonchev–Trinajstić information content (AvgIpc) is 2.51. The molecule has 0 unspecified atom stereocenters. The van der Waals surface area contributed by atoms with Crippen LogP contribution in [0.1, 0.15) is 12.5 Å². The number of carbonyl (C=O) groups is 1. The number of nitrogens with one attached hydrogen (secondary N) is 2. The highest BCUT2D eigenvalue weighted by atomic mass is 35.5. The fourth-order valence-corrected chi connectivity index (χ4v) is 2.04. The van der Waals surface area contributed by atoms with E-state index < -0.39 is 35.1 Å².